The fourth-order valence-corrected chi connectivity index (χ4v) is 2.51. The standard InChI is InChI=1S/C18H18BClN2O5/c1-11(2)24-6-7-25-18-16(21-3)9-15(20)17(22-18)27-13-4-5-14-12(8-13)10-26-19(14)23/h4-5,8-9,11,23H,6-7,10H2,1-2H3/i10D2. The molecule has 0 saturated heterocycles. The van der Waals surface area contributed by atoms with Crippen LogP contribution in [0.3, 0.4) is 0 Å². The van der Waals surface area contributed by atoms with Gasteiger partial charge in [-0.15, -0.1) is 0 Å². The van der Waals surface area contributed by atoms with Crippen LogP contribution in [0.2, 0.25) is 5.02 Å². The maximum absolute atomic E-state index is 9.78. The lowest BCUT2D eigenvalue weighted by atomic mass is 9.80. The highest BCUT2D eigenvalue weighted by molar-refractivity contribution is 6.61. The molecular weight excluding hydrogens is 370 g/mol. The molecule has 3 rings (SSSR count). The van der Waals surface area contributed by atoms with Crippen molar-refractivity contribution in [1.82, 2.24) is 4.98 Å². The van der Waals surface area contributed by atoms with Crippen LogP contribution in [0.5, 0.6) is 17.5 Å². The van der Waals surface area contributed by atoms with Crippen molar-refractivity contribution in [2.45, 2.75) is 26.5 Å². The van der Waals surface area contributed by atoms with Gasteiger partial charge in [0, 0.05) is 0 Å². The van der Waals surface area contributed by atoms with Gasteiger partial charge in [-0.3, -0.25) is 0 Å². The number of ether oxygens (including phenoxy) is 3. The lowest BCUT2D eigenvalue weighted by molar-refractivity contribution is 0.0543. The van der Waals surface area contributed by atoms with Gasteiger partial charge in [-0.1, -0.05) is 17.7 Å². The van der Waals surface area contributed by atoms with Gasteiger partial charge in [0.05, 0.1) is 33.6 Å². The Kier molecular flexibility index (Phi) is 5.36. The van der Waals surface area contributed by atoms with E-state index < -0.39 is 13.7 Å². The third-order valence-electron chi connectivity index (χ3n) is 3.57. The molecule has 0 saturated carbocycles. The molecule has 1 aromatic heterocycles. The van der Waals surface area contributed by atoms with E-state index in [1.807, 2.05) is 13.8 Å². The highest BCUT2D eigenvalue weighted by atomic mass is 35.5. The van der Waals surface area contributed by atoms with Crippen LogP contribution in [-0.2, 0) is 16.0 Å². The molecule has 2 aromatic rings. The first kappa shape index (κ1) is 16.8. The van der Waals surface area contributed by atoms with E-state index in [2.05, 4.69) is 9.83 Å². The Morgan fingerprint density at radius 1 is 1.41 bits per heavy atom. The molecule has 7 nitrogen and oxygen atoms in total. The van der Waals surface area contributed by atoms with Crippen molar-refractivity contribution in [2.24, 2.45) is 0 Å². The summed E-state index contributed by atoms with van der Waals surface area (Å²) in [7, 11) is -1.35. The van der Waals surface area contributed by atoms with E-state index in [1.54, 1.807) is 0 Å². The van der Waals surface area contributed by atoms with Crippen molar-refractivity contribution in [3.63, 3.8) is 0 Å². The van der Waals surface area contributed by atoms with Gasteiger partial charge >= 0.3 is 7.12 Å². The molecule has 0 fully saturated rings. The van der Waals surface area contributed by atoms with Gasteiger partial charge in [-0.25, -0.2) is 4.85 Å². The van der Waals surface area contributed by atoms with Crippen LogP contribution in [0.1, 0.15) is 22.2 Å². The van der Waals surface area contributed by atoms with Crippen LogP contribution >= 0.6 is 11.6 Å². The van der Waals surface area contributed by atoms with Crippen molar-refractivity contribution < 1.29 is 26.6 Å². The van der Waals surface area contributed by atoms with Crippen LogP contribution in [0, 0.1) is 6.57 Å². The fourth-order valence-electron chi connectivity index (χ4n) is 2.32. The predicted octanol–water partition coefficient (Wildman–Crippen LogP) is 3.10. The van der Waals surface area contributed by atoms with Crippen molar-refractivity contribution in [3.05, 3.63) is 46.3 Å². The molecule has 0 atom stereocenters. The van der Waals surface area contributed by atoms with E-state index in [0.29, 0.717) is 12.1 Å². The Hall–Kier alpha value is -2.31. The number of rotatable bonds is 7. The summed E-state index contributed by atoms with van der Waals surface area (Å²) in [6, 6.07) is 5.82. The molecule has 0 aliphatic carbocycles. The number of hydrogen-bond donors (Lipinski definition) is 1. The van der Waals surface area contributed by atoms with Crippen molar-refractivity contribution in [2.75, 3.05) is 13.2 Å². The lowest BCUT2D eigenvalue weighted by Crippen LogP contribution is -2.27. The quantitative estimate of drug-likeness (QED) is 0.445. The fraction of sp³-hybridized carbons (Fsp3) is 0.333. The van der Waals surface area contributed by atoms with Crippen LogP contribution in [0.15, 0.2) is 24.3 Å². The van der Waals surface area contributed by atoms with E-state index in [-0.39, 0.29) is 46.5 Å². The van der Waals surface area contributed by atoms with Gasteiger partial charge in [0.1, 0.15) is 12.4 Å². The third kappa shape index (κ3) is 4.70. The monoisotopic (exact) mass is 390 g/mol. The van der Waals surface area contributed by atoms with Crippen molar-refractivity contribution >= 4 is 29.9 Å². The maximum Gasteiger partial charge on any atom is 0.491 e. The molecule has 2 heterocycles. The smallest absolute Gasteiger partial charge is 0.484 e. The number of halogens is 1. The van der Waals surface area contributed by atoms with E-state index >= 15 is 0 Å². The summed E-state index contributed by atoms with van der Waals surface area (Å²) in [5, 5.41) is 9.88. The minimum absolute atomic E-state index is 0.00109. The largest absolute Gasteiger partial charge is 0.491 e. The van der Waals surface area contributed by atoms with Gasteiger partial charge in [0.15, 0.2) is 0 Å². The molecule has 9 heteroatoms. The summed E-state index contributed by atoms with van der Waals surface area (Å²) in [5.41, 5.74) is 0.603. The Morgan fingerprint density at radius 2 is 2.22 bits per heavy atom. The SMILES string of the molecule is [2H]C1([2H])OB(O)c2ccc(Oc3nc(OCCOC(C)C)c([N+]#[C-])cc3Cl)cc21. The average molecular weight is 391 g/mol. The van der Waals surface area contributed by atoms with Gasteiger partial charge in [-0.05, 0) is 43.1 Å². The number of nitrogens with zero attached hydrogens (tertiary/aromatic N) is 2. The molecule has 1 aliphatic heterocycles. The van der Waals surface area contributed by atoms with Gasteiger partial charge in [0.25, 0.3) is 0 Å². The summed E-state index contributed by atoms with van der Waals surface area (Å²) in [6.07, 6.45) is 0.0551. The molecule has 0 unspecified atom stereocenters. The number of pyridine rings is 1. The minimum Gasteiger partial charge on any atom is -0.484 e. The predicted molar refractivity (Wildman–Crippen MR) is 101 cm³/mol. The second-order valence-electron chi connectivity index (χ2n) is 5.90. The average Bonchev–Trinajstić information content (AvgIpc) is 2.89. The molecular formula is C18H18BClN2O5. The third-order valence-corrected chi connectivity index (χ3v) is 3.84. The Balaban J connectivity index is 1.82. The summed E-state index contributed by atoms with van der Waals surface area (Å²) in [4.78, 5) is 7.54. The van der Waals surface area contributed by atoms with Crippen molar-refractivity contribution in [1.29, 1.82) is 0 Å². The zero-order valence-electron chi connectivity index (χ0n) is 16.7. The number of hydrogen-bond acceptors (Lipinski definition) is 6. The Morgan fingerprint density at radius 3 is 2.96 bits per heavy atom. The molecule has 0 bridgehead atoms. The van der Waals surface area contributed by atoms with E-state index in [9.17, 15) is 5.02 Å². The molecule has 27 heavy (non-hydrogen) atoms. The Bertz CT molecular complexity index is 955. The number of benzene rings is 1. The van der Waals surface area contributed by atoms with E-state index in [4.69, 9.17) is 39.8 Å². The van der Waals surface area contributed by atoms with Gasteiger partial charge < -0.3 is 23.9 Å². The summed E-state index contributed by atoms with van der Waals surface area (Å²) in [6.45, 7) is 9.45. The summed E-state index contributed by atoms with van der Waals surface area (Å²) in [5.74, 6) is 0.296. The number of aromatic nitrogens is 1. The second-order valence-corrected chi connectivity index (χ2v) is 6.31. The molecule has 140 valence electrons. The topological polar surface area (TPSA) is 74.4 Å². The highest BCUT2D eigenvalue weighted by Gasteiger charge is 2.27. The first-order chi connectivity index (χ1) is 13.7. The highest BCUT2D eigenvalue weighted by Crippen LogP contribution is 2.36. The summed E-state index contributed by atoms with van der Waals surface area (Å²) >= 11 is 6.18. The molecule has 1 aromatic carbocycles. The zero-order valence-corrected chi connectivity index (χ0v) is 15.5. The van der Waals surface area contributed by atoms with Crippen molar-refractivity contribution in [3.8, 4) is 17.5 Å². The molecule has 0 amide bonds. The van der Waals surface area contributed by atoms with Crippen LogP contribution in [0.25, 0.3) is 4.85 Å². The van der Waals surface area contributed by atoms with Crippen LogP contribution in [0.4, 0.5) is 5.69 Å². The second kappa shape index (κ2) is 8.59. The molecule has 1 aliphatic rings. The molecule has 0 radical (unpaired) electrons. The molecule has 0 spiro atoms. The van der Waals surface area contributed by atoms with E-state index in [0.717, 1.165) is 0 Å². The normalized spacial score (nSPS) is 15.8. The van der Waals surface area contributed by atoms with Gasteiger partial charge in [0.2, 0.25) is 17.4 Å². The number of fused-ring (bicyclic) bond motifs is 1. The maximum atomic E-state index is 9.78. The van der Waals surface area contributed by atoms with Crippen LogP contribution < -0.4 is 14.9 Å². The molecule has 1 N–H and O–H groups in total. The minimum atomic E-state index is -2.15. The summed E-state index contributed by atoms with van der Waals surface area (Å²) < 4.78 is 37.2. The first-order valence-electron chi connectivity index (χ1n) is 9.22. The van der Waals surface area contributed by atoms with E-state index in [1.165, 1.54) is 24.3 Å². The zero-order chi connectivity index (χ0) is 21.2. The van der Waals surface area contributed by atoms with Gasteiger partial charge in [-0.2, -0.15) is 4.98 Å². The first-order valence-corrected chi connectivity index (χ1v) is 8.59. The Labute approximate surface area is 165 Å². The van der Waals surface area contributed by atoms with Crippen LogP contribution in [-0.4, -0.2) is 36.4 Å². The lowest BCUT2D eigenvalue weighted by Gasteiger charge is -2.13.